The molecule has 7 N–H and O–H groups in total. The van der Waals surface area contributed by atoms with E-state index in [0.717, 1.165) is 6.92 Å². The second-order valence-corrected chi connectivity index (χ2v) is 10.2. The second-order valence-electron chi connectivity index (χ2n) is 10.2. The largest absolute Gasteiger partial charge is 0.481 e. The van der Waals surface area contributed by atoms with Gasteiger partial charge in [-0.3, -0.25) is 28.8 Å². The van der Waals surface area contributed by atoms with Crippen LogP contribution in [0.5, 0.6) is 0 Å². The van der Waals surface area contributed by atoms with Crippen LogP contribution in [0.15, 0.2) is 24.3 Å². The number of hydrogen-bond acceptors (Lipinski definition) is 8. The Morgan fingerprint density at radius 3 is 1.92 bits per heavy atom. The fraction of sp³-hybridized carbons (Fsp3) is 0.538. The summed E-state index contributed by atoms with van der Waals surface area (Å²) >= 11 is 0. The van der Waals surface area contributed by atoms with Gasteiger partial charge >= 0.3 is 11.9 Å². The molecule has 39 heavy (non-hydrogen) atoms. The normalized spacial score (nSPS) is 14.2. The van der Waals surface area contributed by atoms with Gasteiger partial charge < -0.3 is 36.6 Å². The number of carboxylic acids is 1. The van der Waals surface area contributed by atoms with Gasteiger partial charge in [0.25, 0.3) is 0 Å². The van der Waals surface area contributed by atoms with E-state index in [-0.39, 0.29) is 19.3 Å². The molecular weight excluding hydrogens is 512 g/mol. The average Bonchev–Trinajstić information content (AvgIpc) is 2.78. The lowest BCUT2D eigenvalue weighted by Crippen LogP contribution is -2.58. The smallest absolute Gasteiger partial charge is 0.310 e. The summed E-state index contributed by atoms with van der Waals surface area (Å²) in [5, 5.41) is 25.9. The van der Waals surface area contributed by atoms with E-state index < -0.39 is 71.8 Å². The Morgan fingerprint density at radius 1 is 0.923 bits per heavy atom. The number of ether oxygens (including phenoxy) is 1. The van der Waals surface area contributed by atoms with Gasteiger partial charge in [-0.15, -0.1) is 0 Å². The van der Waals surface area contributed by atoms with Crippen molar-refractivity contribution < 1.29 is 43.7 Å². The van der Waals surface area contributed by atoms with Crippen molar-refractivity contribution in [2.75, 3.05) is 0 Å². The summed E-state index contributed by atoms with van der Waals surface area (Å²) < 4.78 is 5.31. The van der Waals surface area contributed by atoms with Crippen molar-refractivity contribution in [1.29, 1.82) is 0 Å². The molecule has 0 unspecified atom stereocenters. The Morgan fingerprint density at radius 2 is 1.46 bits per heavy atom. The number of rotatable bonds is 14. The van der Waals surface area contributed by atoms with E-state index in [1.165, 1.54) is 6.92 Å². The van der Waals surface area contributed by atoms with Crippen LogP contribution in [0.25, 0.3) is 0 Å². The SMILES string of the molecule is CC(=O)N[C@@H](CCC(=O)O)C(=O)N[C@@H](Cc1ccc(CC(=O)OC(C)(C)C)cc1)C(=O)N[C@H](C(N)=O)[C@@H](C)O. The van der Waals surface area contributed by atoms with Gasteiger partial charge in [-0.05, 0) is 45.2 Å². The van der Waals surface area contributed by atoms with Crippen LogP contribution < -0.4 is 21.7 Å². The highest BCUT2D eigenvalue weighted by molar-refractivity contribution is 5.94. The van der Waals surface area contributed by atoms with Gasteiger partial charge in [-0.1, -0.05) is 24.3 Å². The van der Waals surface area contributed by atoms with Gasteiger partial charge in [0.15, 0.2) is 0 Å². The summed E-state index contributed by atoms with van der Waals surface area (Å²) in [4.78, 5) is 72.4. The number of nitrogens with one attached hydrogen (secondary N) is 3. The predicted molar refractivity (Wildman–Crippen MR) is 139 cm³/mol. The molecule has 4 amide bonds. The van der Waals surface area contributed by atoms with Crippen molar-refractivity contribution in [3.63, 3.8) is 0 Å². The number of esters is 1. The molecule has 1 rings (SSSR count). The molecule has 0 aromatic heterocycles. The van der Waals surface area contributed by atoms with Crippen LogP contribution in [-0.4, -0.2) is 75.6 Å². The average molecular weight is 551 g/mol. The molecule has 216 valence electrons. The third-order valence-electron chi connectivity index (χ3n) is 5.29. The first-order valence-corrected chi connectivity index (χ1v) is 12.3. The number of amides is 4. The minimum atomic E-state index is -1.44. The number of hydrogen-bond donors (Lipinski definition) is 6. The third kappa shape index (κ3) is 12.9. The third-order valence-corrected chi connectivity index (χ3v) is 5.29. The first-order chi connectivity index (χ1) is 18.0. The van der Waals surface area contributed by atoms with E-state index >= 15 is 0 Å². The number of aliphatic hydroxyl groups excluding tert-OH is 1. The van der Waals surface area contributed by atoms with E-state index in [1.807, 2.05) is 0 Å². The lowest BCUT2D eigenvalue weighted by molar-refractivity contribution is -0.154. The molecular formula is C26H38N4O9. The van der Waals surface area contributed by atoms with Crippen molar-refractivity contribution in [2.45, 2.75) is 90.1 Å². The molecule has 13 heteroatoms. The number of primary amides is 1. The molecule has 0 aliphatic carbocycles. The van der Waals surface area contributed by atoms with Crippen molar-refractivity contribution in [3.05, 3.63) is 35.4 Å². The standard InChI is InChI=1S/C26H38N4O9/c1-14(31)22(23(27)36)30-25(38)19(29-24(37)18(28-15(2)32)10-11-20(33)34)12-16-6-8-17(9-7-16)13-21(35)39-26(3,4)5/h6-9,14,18-19,22,31H,10-13H2,1-5H3,(H2,27,36)(H,28,32)(H,29,37)(H,30,38)(H,33,34)/t14-,18+,19+,22+/m1/s1. The van der Waals surface area contributed by atoms with Crippen LogP contribution in [0.3, 0.4) is 0 Å². The Hall–Kier alpha value is -4.00. The van der Waals surface area contributed by atoms with Crippen molar-refractivity contribution in [2.24, 2.45) is 5.73 Å². The number of carbonyl (C=O) groups excluding carboxylic acids is 5. The number of aliphatic carboxylic acids is 1. The monoisotopic (exact) mass is 550 g/mol. The number of nitrogens with two attached hydrogens (primary N) is 1. The molecule has 1 aromatic carbocycles. The van der Waals surface area contributed by atoms with Gasteiger partial charge in [-0.25, -0.2) is 0 Å². The van der Waals surface area contributed by atoms with Crippen LogP contribution in [-0.2, 0) is 46.3 Å². The molecule has 0 saturated carbocycles. The molecule has 0 aliphatic rings. The molecule has 0 fully saturated rings. The zero-order valence-electron chi connectivity index (χ0n) is 22.8. The zero-order chi connectivity index (χ0) is 29.9. The Labute approximate surface area is 226 Å². The van der Waals surface area contributed by atoms with E-state index in [1.54, 1.807) is 45.0 Å². The maximum atomic E-state index is 13.1. The van der Waals surface area contributed by atoms with Crippen molar-refractivity contribution >= 4 is 35.6 Å². The number of aliphatic hydroxyl groups is 1. The minimum Gasteiger partial charge on any atom is -0.481 e. The van der Waals surface area contributed by atoms with Gasteiger partial charge in [0.1, 0.15) is 23.7 Å². The highest BCUT2D eigenvalue weighted by Gasteiger charge is 2.31. The molecule has 0 aliphatic heterocycles. The highest BCUT2D eigenvalue weighted by atomic mass is 16.6. The van der Waals surface area contributed by atoms with Gasteiger partial charge in [-0.2, -0.15) is 0 Å². The first-order valence-electron chi connectivity index (χ1n) is 12.3. The first kappa shape index (κ1) is 33.0. The molecule has 1 aromatic rings. The summed E-state index contributed by atoms with van der Waals surface area (Å²) in [5.74, 6) is -4.83. The Balaban J connectivity index is 3.15. The quantitative estimate of drug-likeness (QED) is 0.162. The van der Waals surface area contributed by atoms with E-state index in [2.05, 4.69) is 16.0 Å². The summed E-state index contributed by atoms with van der Waals surface area (Å²) in [6, 6.07) is 2.62. The molecule has 13 nitrogen and oxygen atoms in total. The summed E-state index contributed by atoms with van der Waals surface area (Å²) in [5.41, 5.74) is 5.85. The predicted octanol–water partition coefficient (Wildman–Crippen LogP) is -0.681. The number of carbonyl (C=O) groups is 6. The fourth-order valence-electron chi connectivity index (χ4n) is 3.52. The maximum Gasteiger partial charge on any atom is 0.310 e. The van der Waals surface area contributed by atoms with Gasteiger partial charge in [0.2, 0.25) is 23.6 Å². The highest BCUT2D eigenvalue weighted by Crippen LogP contribution is 2.13. The van der Waals surface area contributed by atoms with Crippen molar-refractivity contribution in [3.8, 4) is 0 Å². The fourth-order valence-corrected chi connectivity index (χ4v) is 3.52. The van der Waals surface area contributed by atoms with Crippen LogP contribution in [0.2, 0.25) is 0 Å². The molecule has 0 bridgehead atoms. The Bertz CT molecular complexity index is 1050. The number of carboxylic acid groups (broad SMARTS) is 1. The molecule has 0 radical (unpaired) electrons. The molecule has 4 atom stereocenters. The molecule has 0 saturated heterocycles. The van der Waals surface area contributed by atoms with E-state index in [9.17, 15) is 33.9 Å². The van der Waals surface area contributed by atoms with Crippen LogP contribution in [0.1, 0.15) is 58.6 Å². The van der Waals surface area contributed by atoms with E-state index in [4.69, 9.17) is 15.6 Å². The topological polar surface area (TPSA) is 214 Å². The summed E-state index contributed by atoms with van der Waals surface area (Å²) in [6.07, 6.45) is -2.03. The number of benzene rings is 1. The lowest BCUT2D eigenvalue weighted by Gasteiger charge is -2.25. The maximum absolute atomic E-state index is 13.1. The Kier molecular flexibility index (Phi) is 12.5. The van der Waals surface area contributed by atoms with Crippen LogP contribution in [0.4, 0.5) is 0 Å². The molecule has 0 heterocycles. The van der Waals surface area contributed by atoms with Crippen molar-refractivity contribution in [1.82, 2.24) is 16.0 Å². The minimum absolute atomic E-state index is 0.0227. The second kappa shape index (κ2) is 14.8. The summed E-state index contributed by atoms with van der Waals surface area (Å²) in [6.45, 7) is 7.68. The molecule has 0 spiro atoms. The van der Waals surface area contributed by atoms with E-state index in [0.29, 0.717) is 11.1 Å². The van der Waals surface area contributed by atoms with Gasteiger partial charge in [0.05, 0.1) is 12.5 Å². The zero-order valence-corrected chi connectivity index (χ0v) is 22.8. The van der Waals surface area contributed by atoms with Gasteiger partial charge in [0, 0.05) is 19.8 Å². The van der Waals surface area contributed by atoms with Crippen LogP contribution in [0, 0.1) is 0 Å². The summed E-state index contributed by atoms with van der Waals surface area (Å²) in [7, 11) is 0. The lowest BCUT2D eigenvalue weighted by atomic mass is 10.0. The van der Waals surface area contributed by atoms with Crippen LogP contribution >= 0.6 is 0 Å².